The molecule has 1 unspecified atom stereocenters. The summed E-state index contributed by atoms with van der Waals surface area (Å²) in [5, 5.41) is 20.2. The second kappa shape index (κ2) is 8.85. The zero-order valence-electron chi connectivity index (χ0n) is 16.9. The first-order valence-corrected chi connectivity index (χ1v) is 10.4. The predicted molar refractivity (Wildman–Crippen MR) is 121 cm³/mol. The van der Waals surface area contributed by atoms with Crippen molar-refractivity contribution in [3.8, 4) is 0 Å². The van der Waals surface area contributed by atoms with Crippen LogP contribution in [0.4, 0.5) is 0 Å². The molecule has 0 spiro atoms. The average molecular weight is 496 g/mol. The number of nitrogens with zero attached hydrogens (tertiary/aromatic N) is 4. The van der Waals surface area contributed by atoms with Crippen molar-refractivity contribution in [3.63, 3.8) is 0 Å². The fourth-order valence-electron chi connectivity index (χ4n) is 3.32. The molecule has 4 rings (SSSR count). The van der Waals surface area contributed by atoms with E-state index in [1.54, 1.807) is 7.05 Å². The van der Waals surface area contributed by atoms with Gasteiger partial charge in [0.15, 0.2) is 6.23 Å². The fraction of sp³-hybridized carbons (Fsp3) is 0.136. The molecule has 2 aromatic heterocycles. The largest absolute Gasteiger partial charge is 0.369 e. The van der Waals surface area contributed by atoms with E-state index >= 15 is 0 Å². The molecule has 0 bridgehead atoms. The van der Waals surface area contributed by atoms with E-state index in [0.29, 0.717) is 11.1 Å². The number of benzene rings is 2. The number of carbonyl (C=O) groups excluding carboxylic acids is 1. The van der Waals surface area contributed by atoms with Crippen LogP contribution in [-0.2, 0) is 13.6 Å². The lowest BCUT2D eigenvalue weighted by atomic mass is 10.1. The zero-order chi connectivity index (χ0) is 22.8. The van der Waals surface area contributed by atoms with Crippen LogP contribution in [0.1, 0.15) is 27.7 Å². The predicted octanol–water partition coefficient (Wildman–Crippen LogP) is 1.72. The number of hydrogen-bond acceptors (Lipinski definition) is 6. The second-order valence-corrected chi connectivity index (χ2v) is 8.06. The normalized spacial score (nSPS) is 12.0. The molecule has 0 aliphatic carbocycles. The van der Waals surface area contributed by atoms with Crippen molar-refractivity contribution in [3.05, 3.63) is 103 Å². The van der Waals surface area contributed by atoms with Gasteiger partial charge in [-0.05, 0) is 42.0 Å². The van der Waals surface area contributed by atoms with Crippen molar-refractivity contribution in [2.45, 2.75) is 12.8 Å². The standard InChI is InChI=1S/C22H18BrN5O4/c1-27-18-7-4-14(19(29)26-20(30)15-8-9-24-25-11-15)10-17(18)21(31)28(22(27)32)12-13-2-5-16(23)6-3-13/h2-11,20,30H,12H2,1H3,(H,26,29). The molecule has 1 amide bonds. The summed E-state index contributed by atoms with van der Waals surface area (Å²) in [6.45, 7) is 0.0961. The summed E-state index contributed by atoms with van der Waals surface area (Å²) in [6.07, 6.45) is 1.44. The van der Waals surface area contributed by atoms with Crippen LogP contribution in [0.5, 0.6) is 0 Å². The van der Waals surface area contributed by atoms with E-state index in [9.17, 15) is 19.5 Å². The average Bonchev–Trinajstić information content (AvgIpc) is 2.81. The van der Waals surface area contributed by atoms with E-state index in [1.165, 1.54) is 41.2 Å². The highest BCUT2D eigenvalue weighted by Crippen LogP contribution is 2.14. The SMILES string of the molecule is Cn1c(=O)n(Cc2ccc(Br)cc2)c(=O)c2cc(C(=O)NC(O)c3ccnnc3)ccc21. The maximum atomic E-state index is 13.1. The minimum atomic E-state index is -1.29. The van der Waals surface area contributed by atoms with Gasteiger partial charge in [-0.2, -0.15) is 10.2 Å². The number of fused-ring (bicyclic) bond motifs is 1. The van der Waals surface area contributed by atoms with Gasteiger partial charge in [-0.3, -0.25) is 18.7 Å². The molecule has 0 aliphatic heterocycles. The molecule has 2 N–H and O–H groups in total. The third-order valence-electron chi connectivity index (χ3n) is 5.06. The van der Waals surface area contributed by atoms with Gasteiger partial charge in [0.2, 0.25) is 0 Å². The Bertz CT molecular complexity index is 1410. The summed E-state index contributed by atoms with van der Waals surface area (Å²) in [6, 6.07) is 13.3. The van der Waals surface area contributed by atoms with Gasteiger partial charge in [0.25, 0.3) is 11.5 Å². The Kier molecular flexibility index (Phi) is 5.97. The molecule has 1 atom stereocenters. The molecule has 0 saturated carbocycles. The van der Waals surface area contributed by atoms with Crippen molar-refractivity contribution >= 4 is 32.7 Å². The van der Waals surface area contributed by atoms with E-state index in [0.717, 1.165) is 14.6 Å². The van der Waals surface area contributed by atoms with Crippen molar-refractivity contribution < 1.29 is 9.90 Å². The summed E-state index contributed by atoms with van der Waals surface area (Å²) < 4.78 is 3.39. The van der Waals surface area contributed by atoms with Crippen LogP contribution in [0.3, 0.4) is 0 Å². The number of halogens is 1. The Morgan fingerprint density at radius 3 is 2.56 bits per heavy atom. The lowest BCUT2D eigenvalue weighted by Crippen LogP contribution is -2.39. The highest BCUT2D eigenvalue weighted by molar-refractivity contribution is 9.10. The third kappa shape index (κ3) is 4.23. The Morgan fingerprint density at radius 1 is 1.12 bits per heavy atom. The first-order chi connectivity index (χ1) is 15.3. The van der Waals surface area contributed by atoms with Crippen LogP contribution in [0.15, 0.2) is 75.0 Å². The van der Waals surface area contributed by atoms with Crippen molar-refractivity contribution in [2.24, 2.45) is 7.05 Å². The Morgan fingerprint density at radius 2 is 1.88 bits per heavy atom. The van der Waals surface area contributed by atoms with Crippen molar-refractivity contribution in [1.82, 2.24) is 24.6 Å². The van der Waals surface area contributed by atoms with E-state index in [1.807, 2.05) is 24.3 Å². The van der Waals surface area contributed by atoms with Crippen LogP contribution >= 0.6 is 15.9 Å². The van der Waals surface area contributed by atoms with Crippen LogP contribution in [-0.4, -0.2) is 30.3 Å². The topological polar surface area (TPSA) is 119 Å². The molecule has 10 heteroatoms. The fourth-order valence-corrected chi connectivity index (χ4v) is 3.59. The lowest BCUT2D eigenvalue weighted by Gasteiger charge is -2.14. The number of rotatable bonds is 5. The number of aliphatic hydroxyl groups excluding tert-OH is 1. The summed E-state index contributed by atoms with van der Waals surface area (Å²) in [4.78, 5) is 38.6. The quantitative estimate of drug-likeness (QED) is 0.407. The molecule has 162 valence electrons. The van der Waals surface area contributed by atoms with Gasteiger partial charge >= 0.3 is 5.69 Å². The van der Waals surface area contributed by atoms with Crippen LogP contribution in [0.25, 0.3) is 10.9 Å². The molecule has 0 radical (unpaired) electrons. The Hall–Kier alpha value is -3.63. The minimum Gasteiger partial charge on any atom is -0.369 e. The minimum absolute atomic E-state index is 0.0961. The van der Waals surface area contributed by atoms with E-state index in [4.69, 9.17) is 0 Å². The maximum absolute atomic E-state index is 13.1. The summed E-state index contributed by atoms with van der Waals surface area (Å²) in [5.74, 6) is -0.580. The number of aryl methyl sites for hydroxylation is 1. The van der Waals surface area contributed by atoms with E-state index < -0.39 is 23.4 Å². The molecular formula is C22H18BrN5O4. The molecule has 2 heterocycles. The first-order valence-electron chi connectivity index (χ1n) is 9.58. The van der Waals surface area contributed by atoms with Gasteiger partial charge in [0.1, 0.15) is 0 Å². The van der Waals surface area contributed by atoms with Gasteiger partial charge < -0.3 is 10.4 Å². The second-order valence-electron chi connectivity index (χ2n) is 7.14. The summed E-state index contributed by atoms with van der Waals surface area (Å²) in [5.41, 5.74) is 0.776. The molecule has 0 saturated heterocycles. The van der Waals surface area contributed by atoms with Crippen LogP contribution < -0.4 is 16.6 Å². The van der Waals surface area contributed by atoms with Gasteiger partial charge in [-0.15, -0.1) is 0 Å². The van der Waals surface area contributed by atoms with Crippen molar-refractivity contribution in [2.75, 3.05) is 0 Å². The van der Waals surface area contributed by atoms with Crippen molar-refractivity contribution in [1.29, 1.82) is 0 Å². The molecule has 0 fully saturated rings. The Balaban J connectivity index is 1.71. The Labute approximate surface area is 190 Å². The highest BCUT2D eigenvalue weighted by atomic mass is 79.9. The van der Waals surface area contributed by atoms with E-state index in [2.05, 4.69) is 31.4 Å². The molecule has 9 nitrogen and oxygen atoms in total. The molecule has 32 heavy (non-hydrogen) atoms. The zero-order valence-corrected chi connectivity index (χ0v) is 18.5. The smallest absolute Gasteiger partial charge is 0.331 e. The van der Waals surface area contributed by atoms with E-state index in [-0.39, 0.29) is 17.5 Å². The molecule has 4 aromatic rings. The number of nitrogens with one attached hydrogen (secondary N) is 1. The third-order valence-corrected chi connectivity index (χ3v) is 5.59. The van der Waals surface area contributed by atoms with Gasteiger partial charge in [-0.1, -0.05) is 28.1 Å². The summed E-state index contributed by atoms with van der Waals surface area (Å²) in [7, 11) is 1.57. The maximum Gasteiger partial charge on any atom is 0.331 e. The monoisotopic (exact) mass is 495 g/mol. The molecule has 0 aliphatic rings. The van der Waals surface area contributed by atoms with Crippen LogP contribution in [0, 0.1) is 0 Å². The first kappa shape index (κ1) is 21.6. The number of carbonyl (C=O) groups is 1. The van der Waals surface area contributed by atoms with Gasteiger partial charge in [-0.25, -0.2) is 4.79 Å². The number of hydrogen-bond donors (Lipinski definition) is 2. The highest BCUT2D eigenvalue weighted by Gasteiger charge is 2.17. The number of aliphatic hydroxyl groups is 1. The molecular weight excluding hydrogens is 478 g/mol. The number of aromatic nitrogens is 4. The molecule has 2 aromatic carbocycles. The lowest BCUT2D eigenvalue weighted by molar-refractivity contribution is 0.0782. The van der Waals surface area contributed by atoms with Gasteiger partial charge in [0.05, 0.1) is 29.8 Å². The van der Waals surface area contributed by atoms with Gasteiger partial charge in [0, 0.05) is 22.6 Å². The summed E-state index contributed by atoms with van der Waals surface area (Å²) >= 11 is 3.36. The van der Waals surface area contributed by atoms with Crippen LogP contribution in [0.2, 0.25) is 0 Å². The number of amides is 1.